The summed E-state index contributed by atoms with van der Waals surface area (Å²) in [7, 11) is 0. The van der Waals surface area contributed by atoms with Crippen molar-refractivity contribution in [1.82, 2.24) is 4.98 Å². The summed E-state index contributed by atoms with van der Waals surface area (Å²) >= 11 is 0. The Labute approximate surface area is 127 Å². The van der Waals surface area contributed by atoms with Crippen LogP contribution in [0.2, 0.25) is 0 Å². The van der Waals surface area contributed by atoms with Crippen molar-refractivity contribution >= 4 is 27.6 Å². The molecule has 2 aromatic heterocycles. The standard InChI is InChI=1S/C19H12N2O/c1-12-10-15-13-6-5-7-14(16-8-3-4-9-21-16)19(13)22-18(15)11-17(12)20-2/h3-11H,1H3. The molecule has 0 unspecified atom stereocenters. The van der Waals surface area contributed by atoms with E-state index in [-0.39, 0.29) is 0 Å². The van der Waals surface area contributed by atoms with Crippen molar-refractivity contribution < 1.29 is 4.42 Å². The van der Waals surface area contributed by atoms with E-state index < -0.39 is 0 Å². The smallest absolute Gasteiger partial charge is 0.193 e. The van der Waals surface area contributed by atoms with E-state index in [1.807, 2.05) is 55.5 Å². The Hall–Kier alpha value is -3.12. The summed E-state index contributed by atoms with van der Waals surface area (Å²) in [6.45, 7) is 9.20. The Balaban J connectivity index is 2.10. The summed E-state index contributed by atoms with van der Waals surface area (Å²) in [6, 6.07) is 15.7. The first-order chi connectivity index (χ1) is 10.8. The van der Waals surface area contributed by atoms with Crippen LogP contribution in [0.15, 0.2) is 59.1 Å². The van der Waals surface area contributed by atoms with E-state index in [2.05, 4.69) is 9.83 Å². The topological polar surface area (TPSA) is 30.4 Å². The van der Waals surface area contributed by atoms with Crippen molar-refractivity contribution in [3.05, 3.63) is 71.7 Å². The van der Waals surface area contributed by atoms with Gasteiger partial charge in [-0.1, -0.05) is 24.3 Å². The van der Waals surface area contributed by atoms with Crippen LogP contribution in [0.3, 0.4) is 0 Å². The summed E-state index contributed by atoms with van der Waals surface area (Å²) in [5.41, 5.74) is 5.01. The fourth-order valence-corrected chi connectivity index (χ4v) is 2.79. The van der Waals surface area contributed by atoms with Crippen LogP contribution in [0.1, 0.15) is 5.56 Å². The van der Waals surface area contributed by atoms with Crippen molar-refractivity contribution in [2.24, 2.45) is 0 Å². The number of hydrogen-bond donors (Lipinski definition) is 0. The lowest BCUT2D eigenvalue weighted by Crippen LogP contribution is -1.82. The maximum Gasteiger partial charge on any atom is 0.193 e. The van der Waals surface area contributed by atoms with Gasteiger partial charge in [0.15, 0.2) is 5.69 Å². The third-order valence-electron chi connectivity index (χ3n) is 3.88. The SMILES string of the molecule is [C-]#[N+]c1cc2oc3c(-c4ccccn4)cccc3c2cc1C. The zero-order chi connectivity index (χ0) is 15.1. The lowest BCUT2D eigenvalue weighted by Gasteiger charge is -2.00. The van der Waals surface area contributed by atoms with E-state index in [0.717, 1.165) is 38.8 Å². The van der Waals surface area contributed by atoms with Gasteiger partial charge in [0.1, 0.15) is 11.2 Å². The van der Waals surface area contributed by atoms with Crippen LogP contribution in [0, 0.1) is 13.5 Å². The lowest BCUT2D eigenvalue weighted by atomic mass is 10.0. The minimum absolute atomic E-state index is 0.631. The van der Waals surface area contributed by atoms with Crippen molar-refractivity contribution in [1.29, 1.82) is 0 Å². The molecule has 2 heterocycles. The molecule has 0 aliphatic heterocycles. The molecule has 0 aliphatic carbocycles. The van der Waals surface area contributed by atoms with Crippen LogP contribution in [-0.4, -0.2) is 4.98 Å². The molecule has 0 aliphatic rings. The molecule has 0 amide bonds. The van der Waals surface area contributed by atoms with E-state index in [1.54, 1.807) is 6.20 Å². The molecule has 104 valence electrons. The second-order valence-electron chi connectivity index (χ2n) is 5.25. The third-order valence-corrected chi connectivity index (χ3v) is 3.88. The molecule has 22 heavy (non-hydrogen) atoms. The number of aryl methyl sites for hydroxylation is 1. The Bertz CT molecular complexity index is 1040. The highest BCUT2D eigenvalue weighted by Crippen LogP contribution is 2.37. The molecule has 0 saturated carbocycles. The van der Waals surface area contributed by atoms with E-state index in [4.69, 9.17) is 11.0 Å². The first-order valence-electron chi connectivity index (χ1n) is 7.02. The summed E-state index contributed by atoms with van der Waals surface area (Å²) < 4.78 is 6.05. The Morgan fingerprint density at radius 2 is 1.95 bits per heavy atom. The summed E-state index contributed by atoms with van der Waals surface area (Å²) in [4.78, 5) is 7.96. The molecule has 0 fully saturated rings. The van der Waals surface area contributed by atoms with Gasteiger partial charge in [0.2, 0.25) is 0 Å². The molecule has 4 aromatic rings. The van der Waals surface area contributed by atoms with E-state index in [1.165, 1.54) is 0 Å². The number of para-hydroxylation sites is 1. The number of hydrogen-bond acceptors (Lipinski definition) is 2. The number of benzene rings is 2. The van der Waals surface area contributed by atoms with Crippen molar-refractivity contribution in [3.63, 3.8) is 0 Å². The van der Waals surface area contributed by atoms with Gasteiger partial charge in [-0.15, -0.1) is 0 Å². The maximum absolute atomic E-state index is 7.24. The van der Waals surface area contributed by atoms with Gasteiger partial charge in [-0.25, -0.2) is 4.85 Å². The van der Waals surface area contributed by atoms with Crippen molar-refractivity contribution in [3.8, 4) is 11.3 Å². The van der Waals surface area contributed by atoms with E-state index in [0.29, 0.717) is 5.69 Å². The van der Waals surface area contributed by atoms with Gasteiger partial charge in [-0.3, -0.25) is 4.98 Å². The van der Waals surface area contributed by atoms with Crippen LogP contribution in [-0.2, 0) is 0 Å². The van der Waals surface area contributed by atoms with Crippen LogP contribution in [0.4, 0.5) is 5.69 Å². The lowest BCUT2D eigenvalue weighted by molar-refractivity contribution is 0.670. The monoisotopic (exact) mass is 284 g/mol. The predicted octanol–water partition coefficient (Wildman–Crippen LogP) is 5.51. The van der Waals surface area contributed by atoms with Crippen molar-refractivity contribution in [2.45, 2.75) is 6.92 Å². The summed E-state index contributed by atoms with van der Waals surface area (Å²) in [6.07, 6.45) is 1.78. The van der Waals surface area contributed by atoms with Crippen LogP contribution < -0.4 is 0 Å². The number of aromatic nitrogens is 1. The van der Waals surface area contributed by atoms with Gasteiger partial charge in [0, 0.05) is 22.5 Å². The third kappa shape index (κ3) is 1.78. The maximum atomic E-state index is 7.24. The zero-order valence-electron chi connectivity index (χ0n) is 12.0. The van der Waals surface area contributed by atoms with Gasteiger partial charge >= 0.3 is 0 Å². The van der Waals surface area contributed by atoms with E-state index >= 15 is 0 Å². The van der Waals surface area contributed by atoms with E-state index in [9.17, 15) is 0 Å². The number of rotatable bonds is 1. The number of furan rings is 1. The molecule has 0 N–H and O–H groups in total. The first-order valence-corrected chi connectivity index (χ1v) is 7.02. The van der Waals surface area contributed by atoms with Crippen molar-refractivity contribution in [2.75, 3.05) is 0 Å². The molecule has 0 atom stereocenters. The van der Waals surface area contributed by atoms with Gasteiger partial charge < -0.3 is 4.42 Å². The van der Waals surface area contributed by atoms with Crippen LogP contribution in [0.25, 0.3) is 38.0 Å². The normalized spacial score (nSPS) is 10.9. The van der Waals surface area contributed by atoms with Crippen LogP contribution >= 0.6 is 0 Å². The minimum Gasteiger partial charge on any atom is -0.457 e. The minimum atomic E-state index is 0.631. The average Bonchev–Trinajstić information content (AvgIpc) is 2.92. The largest absolute Gasteiger partial charge is 0.457 e. The summed E-state index contributed by atoms with van der Waals surface area (Å²) in [5.74, 6) is 0. The molecule has 0 bridgehead atoms. The summed E-state index contributed by atoms with van der Waals surface area (Å²) in [5, 5.41) is 2.09. The highest BCUT2D eigenvalue weighted by molar-refractivity contribution is 6.10. The number of pyridine rings is 1. The Morgan fingerprint density at radius 3 is 2.73 bits per heavy atom. The highest BCUT2D eigenvalue weighted by atomic mass is 16.3. The fourth-order valence-electron chi connectivity index (χ4n) is 2.79. The number of fused-ring (bicyclic) bond motifs is 3. The molecule has 0 saturated heterocycles. The molecule has 3 nitrogen and oxygen atoms in total. The molecule has 0 radical (unpaired) electrons. The molecular weight excluding hydrogens is 272 g/mol. The van der Waals surface area contributed by atoms with Gasteiger partial charge in [-0.05, 0) is 36.8 Å². The average molecular weight is 284 g/mol. The zero-order valence-corrected chi connectivity index (χ0v) is 12.0. The number of nitrogens with zero attached hydrogens (tertiary/aromatic N) is 2. The first kappa shape index (κ1) is 12.6. The second-order valence-corrected chi connectivity index (χ2v) is 5.25. The fraction of sp³-hybridized carbons (Fsp3) is 0.0526. The highest BCUT2D eigenvalue weighted by Gasteiger charge is 2.14. The molecular formula is C19H12N2O. The van der Waals surface area contributed by atoms with Crippen LogP contribution in [0.5, 0.6) is 0 Å². The molecule has 0 spiro atoms. The van der Waals surface area contributed by atoms with Gasteiger partial charge in [0.05, 0.1) is 12.3 Å². The molecule has 4 rings (SSSR count). The Kier molecular flexibility index (Phi) is 2.70. The van der Waals surface area contributed by atoms with Gasteiger partial charge in [0.25, 0.3) is 0 Å². The molecule has 3 heteroatoms. The quantitative estimate of drug-likeness (QED) is 0.431. The van der Waals surface area contributed by atoms with Gasteiger partial charge in [-0.2, -0.15) is 0 Å². The Morgan fingerprint density at radius 1 is 1.05 bits per heavy atom. The predicted molar refractivity (Wildman–Crippen MR) is 88.0 cm³/mol. The molecule has 2 aromatic carbocycles. The second kappa shape index (κ2) is 4.71.